The number of rotatable bonds is 0. The molecule has 0 saturated carbocycles. The molecule has 2 heterocycles. The van der Waals surface area contributed by atoms with Crippen LogP contribution in [0.15, 0.2) is 12.5 Å². The molecule has 1 aromatic heterocycles. The van der Waals surface area contributed by atoms with Crippen LogP contribution in [-0.4, -0.2) is 20.8 Å². The molecule has 1 aromatic rings. The van der Waals surface area contributed by atoms with Crippen molar-refractivity contribution in [2.75, 3.05) is 0 Å². The van der Waals surface area contributed by atoms with Gasteiger partial charge in [-0.05, 0) is 6.42 Å². The summed E-state index contributed by atoms with van der Waals surface area (Å²) in [7, 11) is 0. The standard InChI is InChI=1S/C7H10N2O/c10-7-1-2-9-5-8-4-6(9)3-7/h4-5,7,10H,1-3H2. The normalized spacial score (nSPS) is 24.3. The first-order valence-electron chi connectivity index (χ1n) is 3.53. The number of aromatic nitrogens is 2. The highest BCUT2D eigenvalue weighted by Gasteiger charge is 2.14. The lowest BCUT2D eigenvalue weighted by atomic mass is 10.1. The molecule has 1 aliphatic heterocycles. The zero-order valence-corrected chi connectivity index (χ0v) is 5.70. The Balaban J connectivity index is 2.30. The SMILES string of the molecule is OC1CCn2cncc2C1. The molecule has 0 radical (unpaired) electrons. The molecule has 0 amide bonds. The first-order valence-corrected chi connectivity index (χ1v) is 3.53. The zero-order chi connectivity index (χ0) is 6.97. The van der Waals surface area contributed by atoms with Crippen LogP contribution >= 0.6 is 0 Å². The van der Waals surface area contributed by atoms with Crippen LogP contribution in [0.5, 0.6) is 0 Å². The molecule has 0 aliphatic carbocycles. The maximum Gasteiger partial charge on any atom is 0.0948 e. The second kappa shape index (κ2) is 2.09. The molecule has 1 N–H and O–H groups in total. The van der Waals surface area contributed by atoms with Gasteiger partial charge in [-0.3, -0.25) is 0 Å². The zero-order valence-electron chi connectivity index (χ0n) is 5.70. The summed E-state index contributed by atoms with van der Waals surface area (Å²) >= 11 is 0. The Morgan fingerprint density at radius 1 is 1.70 bits per heavy atom. The minimum Gasteiger partial charge on any atom is -0.393 e. The molecule has 10 heavy (non-hydrogen) atoms. The number of hydrogen-bond acceptors (Lipinski definition) is 2. The van der Waals surface area contributed by atoms with Crippen LogP contribution in [0.25, 0.3) is 0 Å². The van der Waals surface area contributed by atoms with E-state index in [4.69, 9.17) is 0 Å². The highest BCUT2D eigenvalue weighted by Crippen LogP contribution is 2.13. The Kier molecular flexibility index (Phi) is 1.24. The average Bonchev–Trinajstić information content (AvgIpc) is 2.33. The predicted octanol–water partition coefficient (Wildman–Crippen LogP) is 0.190. The summed E-state index contributed by atoms with van der Waals surface area (Å²) in [6, 6.07) is 0. The number of imidazole rings is 1. The molecule has 0 spiro atoms. The van der Waals surface area contributed by atoms with Gasteiger partial charge in [-0.2, -0.15) is 0 Å². The quantitative estimate of drug-likeness (QED) is 0.555. The minimum absolute atomic E-state index is 0.149. The van der Waals surface area contributed by atoms with Crippen molar-refractivity contribution in [3.63, 3.8) is 0 Å². The highest BCUT2D eigenvalue weighted by molar-refractivity contribution is 5.02. The van der Waals surface area contributed by atoms with Crippen molar-refractivity contribution in [2.45, 2.75) is 25.5 Å². The van der Waals surface area contributed by atoms with Crippen LogP contribution in [0.3, 0.4) is 0 Å². The average molecular weight is 138 g/mol. The summed E-state index contributed by atoms with van der Waals surface area (Å²) in [6.45, 7) is 0.913. The molecular formula is C7H10N2O. The van der Waals surface area contributed by atoms with E-state index in [-0.39, 0.29) is 6.10 Å². The van der Waals surface area contributed by atoms with Crippen LogP contribution in [-0.2, 0) is 13.0 Å². The summed E-state index contributed by atoms with van der Waals surface area (Å²) in [5.74, 6) is 0. The van der Waals surface area contributed by atoms with Gasteiger partial charge in [-0.15, -0.1) is 0 Å². The number of fused-ring (bicyclic) bond motifs is 1. The van der Waals surface area contributed by atoms with Crippen molar-refractivity contribution < 1.29 is 5.11 Å². The third-order valence-corrected chi connectivity index (χ3v) is 1.95. The number of aliphatic hydroxyl groups excluding tert-OH is 1. The Bertz CT molecular complexity index is 231. The van der Waals surface area contributed by atoms with Crippen LogP contribution in [0.1, 0.15) is 12.1 Å². The molecule has 0 saturated heterocycles. The van der Waals surface area contributed by atoms with E-state index < -0.39 is 0 Å². The van der Waals surface area contributed by atoms with Crippen molar-refractivity contribution in [2.24, 2.45) is 0 Å². The molecule has 3 nitrogen and oxygen atoms in total. The second-order valence-electron chi connectivity index (χ2n) is 2.72. The Hall–Kier alpha value is -0.830. The fraction of sp³-hybridized carbons (Fsp3) is 0.571. The van der Waals surface area contributed by atoms with Crippen molar-refractivity contribution in [1.29, 1.82) is 0 Å². The number of hydrogen-bond donors (Lipinski definition) is 1. The van der Waals surface area contributed by atoms with Gasteiger partial charge in [0, 0.05) is 24.9 Å². The summed E-state index contributed by atoms with van der Waals surface area (Å²) in [4.78, 5) is 3.99. The fourth-order valence-electron chi connectivity index (χ4n) is 1.35. The minimum atomic E-state index is -0.149. The molecule has 3 heteroatoms. The first kappa shape index (κ1) is 5.92. The first-order chi connectivity index (χ1) is 4.86. The largest absolute Gasteiger partial charge is 0.393 e. The Morgan fingerprint density at radius 3 is 3.50 bits per heavy atom. The van der Waals surface area contributed by atoms with Crippen LogP contribution < -0.4 is 0 Å². The van der Waals surface area contributed by atoms with E-state index in [9.17, 15) is 5.11 Å². The number of aryl methyl sites for hydroxylation is 1. The van der Waals surface area contributed by atoms with Crippen LogP contribution in [0.4, 0.5) is 0 Å². The number of aliphatic hydroxyl groups is 1. The van der Waals surface area contributed by atoms with Gasteiger partial charge >= 0.3 is 0 Å². The third kappa shape index (κ3) is 0.827. The fourth-order valence-corrected chi connectivity index (χ4v) is 1.35. The van der Waals surface area contributed by atoms with Gasteiger partial charge in [-0.1, -0.05) is 0 Å². The lowest BCUT2D eigenvalue weighted by Crippen LogP contribution is -2.21. The van der Waals surface area contributed by atoms with Gasteiger partial charge < -0.3 is 9.67 Å². The van der Waals surface area contributed by atoms with Crippen molar-refractivity contribution in [1.82, 2.24) is 9.55 Å². The Labute approximate surface area is 59.3 Å². The Morgan fingerprint density at radius 2 is 2.60 bits per heavy atom. The van der Waals surface area contributed by atoms with Gasteiger partial charge in [0.05, 0.1) is 12.4 Å². The van der Waals surface area contributed by atoms with E-state index in [2.05, 4.69) is 9.55 Å². The monoisotopic (exact) mass is 138 g/mol. The molecule has 1 atom stereocenters. The van der Waals surface area contributed by atoms with Gasteiger partial charge in [0.2, 0.25) is 0 Å². The van der Waals surface area contributed by atoms with E-state index in [1.807, 2.05) is 12.5 Å². The second-order valence-corrected chi connectivity index (χ2v) is 2.72. The molecule has 1 unspecified atom stereocenters. The molecule has 54 valence electrons. The van der Waals surface area contributed by atoms with Crippen molar-refractivity contribution >= 4 is 0 Å². The maximum atomic E-state index is 9.23. The van der Waals surface area contributed by atoms with E-state index >= 15 is 0 Å². The van der Waals surface area contributed by atoms with Crippen molar-refractivity contribution in [3.05, 3.63) is 18.2 Å². The van der Waals surface area contributed by atoms with E-state index in [1.165, 1.54) is 0 Å². The molecule has 0 bridgehead atoms. The smallest absolute Gasteiger partial charge is 0.0948 e. The predicted molar refractivity (Wildman–Crippen MR) is 36.6 cm³/mol. The van der Waals surface area contributed by atoms with Crippen LogP contribution in [0.2, 0.25) is 0 Å². The topological polar surface area (TPSA) is 38.0 Å². The van der Waals surface area contributed by atoms with E-state index in [0.717, 1.165) is 25.1 Å². The van der Waals surface area contributed by atoms with Gasteiger partial charge in [-0.25, -0.2) is 4.98 Å². The summed E-state index contributed by atoms with van der Waals surface area (Å²) in [6.07, 6.45) is 5.12. The summed E-state index contributed by atoms with van der Waals surface area (Å²) in [5.41, 5.74) is 1.15. The van der Waals surface area contributed by atoms with Gasteiger partial charge in [0.15, 0.2) is 0 Å². The van der Waals surface area contributed by atoms with E-state index in [0.29, 0.717) is 0 Å². The summed E-state index contributed by atoms with van der Waals surface area (Å²) < 4.78 is 2.09. The summed E-state index contributed by atoms with van der Waals surface area (Å²) in [5, 5.41) is 9.23. The highest BCUT2D eigenvalue weighted by atomic mass is 16.3. The van der Waals surface area contributed by atoms with Crippen molar-refractivity contribution in [3.8, 4) is 0 Å². The molecule has 2 rings (SSSR count). The van der Waals surface area contributed by atoms with Gasteiger partial charge in [0.25, 0.3) is 0 Å². The lowest BCUT2D eigenvalue weighted by molar-refractivity contribution is 0.143. The molecule has 0 aromatic carbocycles. The van der Waals surface area contributed by atoms with E-state index in [1.54, 1.807) is 0 Å². The molecule has 0 fully saturated rings. The van der Waals surface area contributed by atoms with Crippen LogP contribution in [0, 0.1) is 0 Å². The van der Waals surface area contributed by atoms with Gasteiger partial charge in [0.1, 0.15) is 0 Å². The molecular weight excluding hydrogens is 128 g/mol. The maximum absolute atomic E-state index is 9.23. The lowest BCUT2D eigenvalue weighted by Gasteiger charge is -2.18. The third-order valence-electron chi connectivity index (χ3n) is 1.95. The number of nitrogens with zero attached hydrogens (tertiary/aromatic N) is 2. The molecule has 1 aliphatic rings.